The molecular weight excluding hydrogens is 306 g/mol. The van der Waals surface area contributed by atoms with Crippen LogP contribution in [-0.2, 0) is 14.4 Å². The van der Waals surface area contributed by atoms with Crippen LogP contribution in [0.5, 0.6) is 0 Å². The summed E-state index contributed by atoms with van der Waals surface area (Å²) in [5.41, 5.74) is 1.88. The third kappa shape index (κ3) is 4.95. The number of amides is 3. The largest absolute Gasteiger partial charge is 0.326 e. The number of nitrogens with one attached hydrogen (secondary N) is 2. The summed E-state index contributed by atoms with van der Waals surface area (Å²) in [7, 11) is 0. The van der Waals surface area contributed by atoms with Crippen molar-refractivity contribution in [3.05, 3.63) is 54.6 Å². The van der Waals surface area contributed by atoms with Crippen LogP contribution in [0.25, 0.3) is 0 Å². The number of benzene rings is 2. The van der Waals surface area contributed by atoms with Gasteiger partial charge in [-0.15, -0.1) is 0 Å². The zero-order valence-corrected chi connectivity index (χ0v) is 13.6. The lowest BCUT2D eigenvalue weighted by Gasteiger charge is -2.21. The van der Waals surface area contributed by atoms with E-state index in [1.54, 1.807) is 36.4 Å². The monoisotopic (exact) mass is 325 g/mol. The highest BCUT2D eigenvalue weighted by Gasteiger charge is 2.16. The first-order valence-electron chi connectivity index (χ1n) is 7.46. The van der Waals surface area contributed by atoms with E-state index in [1.807, 2.05) is 18.2 Å². The highest BCUT2D eigenvalue weighted by Crippen LogP contribution is 2.18. The molecule has 124 valence electrons. The van der Waals surface area contributed by atoms with Gasteiger partial charge in [0.2, 0.25) is 17.7 Å². The van der Waals surface area contributed by atoms with Crippen molar-refractivity contribution in [2.24, 2.45) is 0 Å². The van der Waals surface area contributed by atoms with Crippen molar-refractivity contribution in [1.29, 1.82) is 0 Å². The Morgan fingerprint density at radius 3 is 1.96 bits per heavy atom. The van der Waals surface area contributed by atoms with E-state index in [1.165, 1.54) is 18.7 Å². The molecular formula is C18H19N3O3. The SMILES string of the molecule is CC(=O)Nc1ccc(N(CC(=O)Nc2ccccc2)C(C)=O)cc1. The number of hydrogen-bond acceptors (Lipinski definition) is 3. The zero-order valence-electron chi connectivity index (χ0n) is 13.6. The van der Waals surface area contributed by atoms with Crippen molar-refractivity contribution in [3.63, 3.8) is 0 Å². The van der Waals surface area contributed by atoms with Crippen LogP contribution in [0.4, 0.5) is 17.1 Å². The van der Waals surface area contributed by atoms with Gasteiger partial charge in [-0.3, -0.25) is 14.4 Å². The second-order valence-corrected chi connectivity index (χ2v) is 5.25. The first kappa shape index (κ1) is 17.2. The Morgan fingerprint density at radius 2 is 1.42 bits per heavy atom. The Morgan fingerprint density at radius 1 is 0.833 bits per heavy atom. The molecule has 6 heteroatoms. The smallest absolute Gasteiger partial charge is 0.244 e. The highest BCUT2D eigenvalue weighted by molar-refractivity contribution is 6.02. The van der Waals surface area contributed by atoms with Crippen molar-refractivity contribution in [1.82, 2.24) is 0 Å². The number of hydrogen-bond donors (Lipinski definition) is 2. The Bertz CT molecular complexity index is 727. The van der Waals surface area contributed by atoms with Crippen LogP contribution >= 0.6 is 0 Å². The summed E-state index contributed by atoms with van der Waals surface area (Å²) in [6, 6.07) is 15.8. The van der Waals surface area contributed by atoms with E-state index in [0.29, 0.717) is 17.1 Å². The minimum absolute atomic E-state index is 0.0935. The number of nitrogens with zero attached hydrogens (tertiary/aromatic N) is 1. The van der Waals surface area contributed by atoms with Gasteiger partial charge in [0.15, 0.2) is 0 Å². The molecule has 0 saturated carbocycles. The second-order valence-electron chi connectivity index (χ2n) is 5.25. The average molecular weight is 325 g/mol. The third-order valence-corrected chi connectivity index (χ3v) is 3.24. The molecule has 2 rings (SSSR count). The van der Waals surface area contributed by atoms with E-state index < -0.39 is 0 Å². The predicted molar refractivity (Wildman–Crippen MR) is 93.8 cm³/mol. The van der Waals surface area contributed by atoms with Gasteiger partial charge in [0.05, 0.1) is 0 Å². The first-order valence-corrected chi connectivity index (χ1v) is 7.46. The molecule has 2 aromatic rings. The lowest BCUT2D eigenvalue weighted by Crippen LogP contribution is -2.36. The lowest BCUT2D eigenvalue weighted by molar-refractivity contribution is -0.120. The molecule has 0 aliphatic rings. The molecule has 2 aromatic carbocycles. The maximum atomic E-state index is 12.2. The molecule has 3 amide bonds. The van der Waals surface area contributed by atoms with Gasteiger partial charge in [0.1, 0.15) is 6.54 Å². The minimum atomic E-state index is -0.290. The summed E-state index contributed by atoms with van der Waals surface area (Å²) in [6.07, 6.45) is 0. The van der Waals surface area contributed by atoms with E-state index in [2.05, 4.69) is 10.6 Å². The first-order chi connectivity index (χ1) is 11.5. The van der Waals surface area contributed by atoms with Gasteiger partial charge in [-0.05, 0) is 36.4 Å². The van der Waals surface area contributed by atoms with Crippen LogP contribution in [0.15, 0.2) is 54.6 Å². The second kappa shape index (κ2) is 7.92. The molecule has 0 aromatic heterocycles. The van der Waals surface area contributed by atoms with Crippen molar-refractivity contribution < 1.29 is 14.4 Å². The van der Waals surface area contributed by atoms with Gasteiger partial charge in [-0.1, -0.05) is 18.2 Å². The molecule has 0 aliphatic heterocycles. The molecule has 24 heavy (non-hydrogen) atoms. The van der Waals surface area contributed by atoms with Gasteiger partial charge in [-0.2, -0.15) is 0 Å². The van der Waals surface area contributed by atoms with Crippen molar-refractivity contribution in [2.75, 3.05) is 22.1 Å². The van der Waals surface area contributed by atoms with E-state index in [4.69, 9.17) is 0 Å². The number of anilines is 3. The molecule has 0 bridgehead atoms. The fourth-order valence-electron chi connectivity index (χ4n) is 2.18. The van der Waals surface area contributed by atoms with E-state index in [9.17, 15) is 14.4 Å². The zero-order chi connectivity index (χ0) is 17.5. The average Bonchev–Trinajstić information content (AvgIpc) is 2.54. The Hall–Kier alpha value is -3.15. The molecule has 0 saturated heterocycles. The summed E-state index contributed by atoms with van der Waals surface area (Å²) in [4.78, 5) is 36.4. The topological polar surface area (TPSA) is 78.5 Å². The quantitative estimate of drug-likeness (QED) is 0.887. The number of para-hydroxylation sites is 1. The van der Waals surface area contributed by atoms with Crippen LogP contribution in [0.3, 0.4) is 0 Å². The van der Waals surface area contributed by atoms with Crippen molar-refractivity contribution in [2.45, 2.75) is 13.8 Å². The Labute approximate surface area is 140 Å². The van der Waals surface area contributed by atoms with Crippen LogP contribution in [0.1, 0.15) is 13.8 Å². The summed E-state index contributed by atoms with van der Waals surface area (Å²) < 4.78 is 0. The molecule has 0 heterocycles. The molecule has 0 radical (unpaired) electrons. The fraction of sp³-hybridized carbons (Fsp3) is 0.167. The molecule has 0 fully saturated rings. The van der Waals surface area contributed by atoms with Crippen LogP contribution < -0.4 is 15.5 Å². The van der Waals surface area contributed by atoms with E-state index in [-0.39, 0.29) is 24.3 Å². The van der Waals surface area contributed by atoms with Crippen LogP contribution in [0, 0.1) is 0 Å². The third-order valence-electron chi connectivity index (χ3n) is 3.24. The molecule has 0 atom stereocenters. The normalized spacial score (nSPS) is 9.92. The minimum Gasteiger partial charge on any atom is -0.326 e. The van der Waals surface area contributed by atoms with Gasteiger partial charge in [0, 0.05) is 30.9 Å². The van der Waals surface area contributed by atoms with E-state index >= 15 is 0 Å². The maximum Gasteiger partial charge on any atom is 0.244 e. The van der Waals surface area contributed by atoms with Gasteiger partial charge >= 0.3 is 0 Å². The summed E-state index contributed by atoms with van der Waals surface area (Å²) in [5, 5.41) is 5.40. The van der Waals surface area contributed by atoms with E-state index in [0.717, 1.165) is 0 Å². The van der Waals surface area contributed by atoms with Gasteiger partial charge in [-0.25, -0.2) is 0 Å². The fourth-order valence-corrected chi connectivity index (χ4v) is 2.18. The lowest BCUT2D eigenvalue weighted by atomic mass is 10.2. The summed E-state index contributed by atoms with van der Waals surface area (Å²) >= 11 is 0. The van der Waals surface area contributed by atoms with Gasteiger partial charge < -0.3 is 15.5 Å². The van der Waals surface area contributed by atoms with Crippen LogP contribution in [0.2, 0.25) is 0 Å². The number of carbonyl (C=O) groups excluding carboxylic acids is 3. The molecule has 2 N–H and O–H groups in total. The summed E-state index contributed by atoms with van der Waals surface area (Å²) in [5.74, 6) is -0.707. The maximum absolute atomic E-state index is 12.2. The number of carbonyl (C=O) groups is 3. The summed E-state index contributed by atoms with van der Waals surface area (Å²) in [6.45, 7) is 2.73. The standard InChI is InChI=1S/C18H19N3O3/c1-13(22)19-16-8-10-17(11-9-16)21(14(2)23)12-18(24)20-15-6-4-3-5-7-15/h3-11H,12H2,1-2H3,(H,19,22)(H,20,24). The van der Waals surface area contributed by atoms with Crippen molar-refractivity contribution >= 4 is 34.8 Å². The van der Waals surface area contributed by atoms with Gasteiger partial charge in [0.25, 0.3) is 0 Å². The Balaban J connectivity index is 2.07. The predicted octanol–water partition coefficient (Wildman–Crippen LogP) is 2.64. The molecule has 0 spiro atoms. The molecule has 0 unspecified atom stereocenters. The number of rotatable bonds is 5. The van der Waals surface area contributed by atoms with Crippen LogP contribution in [-0.4, -0.2) is 24.3 Å². The van der Waals surface area contributed by atoms with Crippen molar-refractivity contribution in [3.8, 4) is 0 Å². The Kier molecular flexibility index (Phi) is 5.68. The molecule has 0 aliphatic carbocycles. The molecule has 6 nitrogen and oxygen atoms in total. The highest BCUT2D eigenvalue weighted by atomic mass is 16.2.